The van der Waals surface area contributed by atoms with Crippen LogP contribution in [0.2, 0.25) is 5.02 Å². The summed E-state index contributed by atoms with van der Waals surface area (Å²) in [5.74, 6) is 0.447. The molecule has 0 aliphatic carbocycles. The summed E-state index contributed by atoms with van der Waals surface area (Å²) >= 11 is 5.72. The van der Waals surface area contributed by atoms with Gasteiger partial charge in [0.15, 0.2) is 0 Å². The Bertz CT molecular complexity index is 318. The van der Waals surface area contributed by atoms with Gasteiger partial charge in [0.1, 0.15) is 17.5 Å². The van der Waals surface area contributed by atoms with Gasteiger partial charge in [0.2, 0.25) is 0 Å². The highest BCUT2D eigenvalue weighted by Crippen LogP contribution is 2.26. The molecule has 2 unspecified atom stereocenters. The van der Waals surface area contributed by atoms with Crippen molar-refractivity contribution in [2.75, 3.05) is 7.11 Å². The zero-order chi connectivity index (χ0) is 10.7. The molecule has 1 aromatic rings. The van der Waals surface area contributed by atoms with Crippen LogP contribution >= 0.6 is 11.6 Å². The molecule has 0 amide bonds. The Morgan fingerprint density at radius 3 is 2.79 bits per heavy atom. The third-order valence-corrected chi connectivity index (χ3v) is 2.05. The lowest BCUT2D eigenvalue weighted by atomic mass is 10.1. The van der Waals surface area contributed by atoms with E-state index in [1.165, 1.54) is 13.3 Å². The minimum absolute atomic E-state index is 0.405. The lowest BCUT2D eigenvalue weighted by Gasteiger charge is -2.16. The van der Waals surface area contributed by atoms with Gasteiger partial charge in [0.05, 0.1) is 12.1 Å². The smallest absolute Gasteiger partial charge is 0.144 e. The molecule has 0 aliphatic rings. The first kappa shape index (κ1) is 11.2. The molecule has 1 rings (SSSR count). The molecule has 2 atom stereocenters. The molecule has 0 saturated heterocycles. The summed E-state index contributed by atoms with van der Waals surface area (Å²) in [5.41, 5.74) is 5.96. The Labute approximate surface area is 87.7 Å². The Balaban J connectivity index is 3.07. The van der Waals surface area contributed by atoms with Crippen LogP contribution in [-0.4, -0.2) is 23.2 Å². The van der Waals surface area contributed by atoms with E-state index in [1.807, 2.05) is 0 Å². The summed E-state index contributed by atoms with van der Waals surface area (Å²) in [6.45, 7) is 1.69. The molecule has 5 heteroatoms. The number of hydrogen-bond acceptors (Lipinski definition) is 4. The van der Waals surface area contributed by atoms with Crippen molar-refractivity contribution in [3.8, 4) is 5.75 Å². The van der Waals surface area contributed by atoms with Crippen LogP contribution in [0, 0.1) is 0 Å². The summed E-state index contributed by atoms with van der Waals surface area (Å²) < 4.78 is 5.03. The highest BCUT2D eigenvalue weighted by Gasteiger charge is 2.18. The molecule has 0 aromatic carbocycles. The Morgan fingerprint density at radius 1 is 1.64 bits per heavy atom. The zero-order valence-corrected chi connectivity index (χ0v) is 8.82. The number of aliphatic hydroxyl groups is 1. The summed E-state index contributed by atoms with van der Waals surface area (Å²) in [6, 6.07) is 1.19. The predicted octanol–water partition coefficient (Wildman–Crippen LogP) is 1.12. The largest absolute Gasteiger partial charge is 0.495 e. The van der Waals surface area contributed by atoms with Gasteiger partial charge >= 0.3 is 0 Å². The standard InChI is InChI=1S/C9H13ClN2O2/c1-5(11)9(13)8-7(14-2)3-6(10)4-12-8/h3-5,9,13H,11H2,1-2H3. The van der Waals surface area contributed by atoms with Crippen LogP contribution in [-0.2, 0) is 0 Å². The van der Waals surface area contributed by atoms with Gasteiger partial charge in [-0.2, -0.15) is 0 Å². The maximum Gasteiger partial charge on any atom is 0.144 e. The second-order valence-corrected chi connectivity index (χ2v) is 3.48. The maximum absolute atomic E-state index is 9.69. The van der Waals surface area contributed by atoms with Crippen molar-refractivity contribution < 1.29 is 9.84 Å². The summed E-state index contributed by atoms with van der Waals surface area (Å²) in [5, 5.41) is 10.2. The molecule has 0 spiro atoms. The van der Waals surface area contributed by atoms with Gasteiger partial charge in [0, 0.05) is 18.3 Å². The molecule has 0 radical (unpaired) electrons. The van der Waals surface area contributed by atoms with Gasteiger partial charge < -0.3 is 15.6 Å². The average Bonchev–Trinajstić information content (AvgIpc) is 2.16. The van der Waals surface area contributed by atoms with Crippen molar-refractivity contribution in [2.24, 2.45) is 5.73 Å². The summed E-state index contributed by atoms with van der Waals surface area (Å²) in [6.07, 6.45) is 0.604. The minimum atomic E-state index is -0.845. The molecule has 14 heavy (non-hydrogen) atoms. The van der Waals surface area contributed by atoms with Crippen LogP contribution in [0.3, 0.4) is 0 Å². The molecule has 0 bridgehead atoms. The van der Waals surface area contributed by atoms with Gasteiger partial charge in [-0.1, -0.05) is 11.6 Å². The van der Waals surface area contributed by atoms with Crippen molar-refractivity contribution in [1.29, 1.82) is 0 Å². The molecular formula is C9H13ClN2O2. The highest BCUT2D eigenvalue weighted by molar-refractivity contribution is 6.30. The Hall–Kier alpha value is -0.840. The van der Waals surface area contributed by atoms with Crippen molar-refractivity contribution in [3.05, 3.63) is 23.0 Å². The monoisotopic (exact) mass is 216 g/mol. The first-order valence-corrected chi connectivity index (χ1v) is 4.57. The van der Waals surface area contributed by atoms with Crippen molar-refractivity contribution in [3.63, 3.8) is 0 Å². The number of aromatic nitrogens is 1. The zero-order valence-electron chi connectivity index (χ0n) is 8.07. The fourth-order valence-corrected chi connectivity index (χ4v) is 1.21. The molecular weight excluding hydrogens is 204 g/mol. The van der Waals surface area contributed by atoms with E-state index in [4.69, 9.17) is 22.1 Å². The molecule has 1 aromatic heterocycles. The molecule has 0 fully saturated rings. The normalized spacial score (nSPS) is 14.9. The van der Waals surface area contributed by atoms with E-state index in [9.17, 15) is 5.11 Å². The minimum Gasteiger partial charge on any atom is -0.495 e. The second-order valence-electron chi connectivity index (χ2n) is 3.04. The first-order chi connectivity index (χ1) is 6.56. The van der Waals surface area contributed by atoms with E-state index in [2.05, 4.69) is 4.98 Å². The number of hydrogen-bond donors (Lipinski definition) is 2. The Kier molecular flexibility index (Phi) is 3.69. The van der Waals surface area contributed by atoms with E-state index >= 15 is 0 Å². The highest BCUT2D eigenvalue weighted by atomic mass is 35.5. The number of nitrogens with zero attached hydrogens (tertiary/aromatic N) is 1. The van der Waals surface area contributed by atoms with Crippen LogP contribution in [0.25, 0.3) is 0 Å². The lowest BCUT2D eigenvalue weighted by Crippen LogP contribution is -2.25. The number of ether oxygens (including phenoxy) is 1. The number of nitrogens with two attached hydrogens (primary N) is 1. The van der Waals surface area contributed by atoms with Crippen molar-refractivity contribution in [2.45, 2.75) is 19.1 Å². The van der Waals surface area contributed by atoms with Gasteiger partial charge in [-0.3, -0.25) is 4.98 Å². The quantitative estimate of drug-likeness (QED) is 0.795. The number of rotatable bonds is 3. The summed E-state index contributed by atoms with van der Waals surface area (Å²) in [7, 11) is 1.49. The van der Waals surface area contributed by atoms with Gasteiger partial charge in [-0.15, -0.1) is 0 Å². The van der Waals surface area contributed by atoms with Crippen LogP contribution in [0.4, 0.5) is 0 Å². The third kappa shape index (κ3) is 2.35. The van der Waals surface area contributed by atoms with Crippen molar-refractivity contribution >= 4 is 11.6 Å². The number of aliphatic hydroxyl groups excluding tert-OH is 1. The van der Waals surface area contributed by atoms with Gasteiger partial charge in [0.25, 0.3) is 0 Å². The van der Waals surface area contributed by atoms with Crippen LogP contribution in [0.15, 0.2) is 12.3 Å². The van der Waals surface area contributed by atoms with E-state index in [0.717, 1.165) is 0 Å². The summed E-state index contributed by atoms with van der Waals surface area (Å²) in [4.78, 5) is 3.98. The van der Waals surface area contributed by atoms with Crippen LogP contribution in [0.5, 0.6) is 5.75 Å². The molecule has 3 N–H and O–H groups in total. The molecule has 4 nitrogen and oxygen atoms in total. The van der Waals surface area contributed by atoms with E-state index < -0.39 is 12.1 Å². The second kappa shape index (κ2) is 4.59. The fraction of sp³-hybridized carbons (Fsp3) is 0.444. The number of methoxy groups -OCH3 is 1. The van der Waals surface area contributed by atoms with E-state index in [0.29, 0.717) is 16.5 Å². The maximum atomic E-state index is 9.69. The topological polar surface area (TPSA) is 68.4 Å². The number of pyridine rings is 1. The molecule has 0 saturated carbocycles. The number of halogens is 1. The van der Waals surface area contributed by atoms with Crippen molar-refractivity contribution in [1.82, 2.24) is 4.98 Å². The lowest BCUT2D eigenvalue weighted by molar-refractivity contribution is 0.144. The fourth-order valence-electron chi connectivity index (χ4n) is 1.07. The first-order valence-electron chi connectivity index (χ1n) is 4.19. The van der Waals surface area contributed by atoms with E-state index in [1.54, 1.807) is 13.0 Å². The molecule has 0 aliphatic heterocycles. The van der Waals surface area contributed by atoms with Crippen LogP contribution < -0.4 is 10.5 Å². The average molecular weight is 217 g/mol. The molecule has 1 heterocycles. The SMILES string of the molecule is COc1cc(Cl)cnc1C(O)C(C)N. The van der Waals surface area contributed by atoms with Gasteiger partial charge in [-0.25, -0.2) is 0 Å². The van der Waals surface area contributed by atoms with E-state index in [-0.39, 0.29) is 0 Å². The van der Waals surface area contributed by atoms with Gasteiger partial charge in [-0.05, 0) is 6.92 Å². The Morgan fingerprint density at radius 2 is 2.29 bits per heavy atom. The van der Waals surface area contributed by atoms with Crippen LogP contribution in [0.1, 0.15) is 18.7 Å². The predicted molar refractivity (Wildman–Crippen MR) is 54.4 cm³/mol. The third-order valence-electron chi connectivity index (χ3n) is 1.85. The molecule has 78 valence electrons.